The summed E-state index contributed by atoms with van der Waals surface area (Å²) < 4.78 is 0.167. The second-order valence-electron chi connectivity index (χ2n) is 4.23. The van der Waals surface area contributed by atoms with Gasteiger partial charge in [0.15, 0.2) is 0 Å². The number of nitrogen functional groups attached to an aromatic ring is 1. The Bertz CT molecular complexity index is 407. The van der Waals surface area contributed by atoms with Crippen molar-refractivity contribution in [1.82, 2.24) is 0 Å². The number of nitrogens with two attached hydrogens (primary N) is 1. The van der Waals surface area contributed by atoms with E-state index >= 15 is 0 Å². The Balaban J connectivity index is 2.73. The third kappa shape index (κ3) is 3.35. The number of nitrogens with zero attached hydrogens (tertiary/aromatic N) is 1. The van der Waals surface area contributed by atoms with E-state index in [9.17, 15) is 0 Å². The van der Waals surface area contributed by atoms with Gasteiger partial charge in [0.1, 0.15) is 0 Å². The quantitative estimate of drug-likeness (QED) is 0.788. The largest absolute Gasteiger partial charge is 0.397 e. The molecule has 0 aliphatic rings. The van der Waals surface area contributed by atoms with Crippen LogP contribution < -0.4 is 11.1 Å². The SMILES string of the molecule is CSC(C)(C)CNc1ccc(C#N)cc1N. The minimum Gasteiger partial charge on any atom is -0.397 e. The number of hydrogen-bond donors (Lipinski definition) is 2. The first-order chi connectivity index (χ1) is 7.48. The fourth-order valence-electron chi connectivity index (χ4n) is 1.17. The highest BCUT2D eigenvalue weighted by Crippen LogP contribution is 2.24. The molecule has 0 heterocycles. The molecule has 0 amide bonds. The molecular formula is C12H17N3S. The molecule has 0 fully saturated rings. The highest BCUT2D eigenvalue weighted by atomic mass is 32.2. The van der Waals surface area contributed by atoms with Crippen molar-refractivity contribution < 1.29 is 0 Å². The van der Waals surface area contributed by atoms with Gasteiger partial charge in [0, 0.05) is 11.3 Å². The van der Waals surface area contributed by atoms with Crippen LogP contribution in [0.4, 0.5) is 11.4 Å². The molecule has 16 heavy (non-hydrogen) atoms. The third-order valence-corrected chi connectivity index (χ3v) is 3.69. The number of benzene rings is 1. The van der Waals surface area contributed by atoms with Gasteiger partial charge >= 0.3 is 0 Å². The minimum atomic E-state index is 0.167. The maximum atomic E-state index is 8.72. The predicted octanol–water partition coefficient (Wildman–Crippen LogP) is 2.69. The van der Waals surface area contributed by atoms with E-state index in [2.05, 4.69) is 31.5 Å². The number of anilines is 2. The maximum absolute atomic E-state index is 8.72. The van der Waals surface area contributed by atoms with Gasteiger partial charge in [0.25, 0.3) is 0 Å². The molecule has 3 nitrogen and oxygen atoms in total. The van der Waals surface area contributed by atoms with Crippen LogP contribution in [0.5, 0.6) is 0 Å². The summed E-state index contributed by atoms with van der Waals surface area (Å²) in [7, 11) is 0. The zero-order valence-electron chi connectivity index (χ0n) is 9.87. The smallest absolute Gasteiger partial charge is 0.0992 e. The topological polar surface area (TPSA) is 61.8 Å². The Morgan fingerprint density at radius 1 is 1.50 bits per heavy atom. The van der Waals surface area contributed by atoms with Crippen molar-refractivity contribution in [3.8, 4) is 6.07 Å². The van der Waals surface area contributed by atoms with Crippen LogP contribution in [0, 0.1) is 11.3 Å². The second-order valence-corrected chi connectivity index (χ2v) is 5.74. The number of hydrogen-bond acceptors (Lipinski definition) is 4. The lowest BCUT2D eigenvalue weighted by molar-refractivity contribution is 0.753. The molecule has 4 heteroatoms. The van der Waals surface area contributed by atoms with Crippen LogP contribution in [-0.2, 0) is 0 Å². The average Bonchev–Trinajstić information content (AvgIpc) is 2.27. The zero-order chi connectivity index (χ0) is 12.2. The summed E-state index contributed by atoms with van der Waals surface area (Å²) in [6.45, 7) is 5.18. The Morgan fingerprint density at radius 2 is 2.19 bits per heavy atom. The number of rotatable bonds is 4. The van der Waals surface area contributed by atoms with E-state index in [4.69, 9.17) is 11.0 Å². The minimum absolute atomic E-state index is 0.167. The molecule has 0 aliphatic carbocycles. The summed E-state index contributed by atoms with van der Waals surface area (Å²) in [4.78, 5) is 0. The molecule has 0 bridgehead atoms. The highest BCUT2D eigenvalue weighted by Gasteiger charge is 2.15. The van der Waals surface area contributed by atoms with Crippen molar-refractivity contribution in [3.63, 3.8) is 0 Å². The number of nitriles is 1. The van der Waals surface area contributed by atoms with E-state index in [0.717, 1.165) is 12.2 Å². The van der Waals surface area contributed by atoms with Gasteiger partial charge in [-0.15, -0.1) is 0 Å². The lowest BCUT2D eigenvalue weighted by atomic mass is 10.1. The van der Waals surface area contributed by atoms with Crippen molar-refractivity contribution in [1.29, 1.82) is 5.26 Å². The molecule has 1 aromatic rings. The lowest BCUT2D eigenvalue weighted by Crippen LogP contribution is -2.26. The van der Waals surface area contributed by atoms with E-state index in [1.165, 1.54) is 0 Å². The first-order valence-corrected chi connectivity index (χ1v) is 6.29. The van der Waals surface area contributed by atoms with Gasteiger partial charge in [-0.3, -0.25) is 0 Å². The van der Waals surface area contributed by atoms with Crippen molar-refractivity contribution in [2.45, 2.75) is 18.6 Å². The van der Waals surface area contributed by atoms with E-state index in [1.807, 2.05) is 6.07 Å². The highest BCUT2D eigenvalue weighted by molar-refractivity contribution is 7.99. The molecule has 86 valence electrons. The van der Waals surface area contributed by atoms with Crippen LogP contribution in [0.3, 0.4) is 0 Å². The standard InChI is InChI=1S/C12H17N3S/c1-12(2,16-3)8-15-11-5-4-9(7-13)6-10(11)14/h4-6,15H,8,14H2,1-3H3. The van der Waals surface area contributed by atoms with E-state index in [1.54, 1.807) is 23.9 Å². The Hall–Kier alpha value is -1.34. The molecule has 0 atom stereocenters. The van der Waals surface area contributed by atoms with Gasteiger partial charge in [0.2, 0.25) is 0 Å². The Morgan fingerprint density at radius 3 is 2.69 bits per heavy atom. The van der Waals surface area contributed by atoms with Gasteiger partial charge in [-0.2, -0.15) is 17.0 Å². The lowest BCUT2D eigenvalue weighted by Gasteiger charge is -2.23. The summed E-state index contributed by atoms with van der Waals surface area (Å²) in [6.07, 6.45) is 2.09. The molecule has 0 saturated heterocycles. The zero-order valence-corrected chi connectivity index (χ0v) is 10.7. The second kappa shape index (κ2) is 5.13. The van der Waals surface area contributed by atoms with Crippen LogP contribution in [0.25, 0.3) is 0 Å². The Labute approximate surface area is 101 Å². The van der Waals surface area contributed by atoms with Crippen LogP contribution in [0.15, 0.2) is 18.2 Å². The molecule has 1 aromatic carbocycles. The van der Waals surface area contributed by atoms with Crippen LogP contribution in [0.1, 0.15) is 19.4 Å². The van der Waals surface area contributed by atoms with Gasteiger partial charge < -0.3 is 11.1 Å². The first kappa shape index (κ1) is 12.7. The van der Waals surface area contributed by atoms with Crippen LogP contribution in [-0.4, -0.2) is 17.5 Å². The van der Waals surface area contributed by atoms with Crippen LogP contribution in [0.2, 0.25) is 0 Å². The summed E-state index contributed by atoms with van der Waals surface area (Å²) >= 11 is 1.80. The number of thioether (sulfide) groups is 1. The fourth-order valence-corrected chi connectivity index (χ4v) is 1.39. The number of nitrogens with one attached hydrogen (secondary N) is 1. The van der Waals surface area contributed by atoms with Gasteiger partial charge in [0.05, 0.1) is 23.0 Å². The van der Waals surface area contributed by atoms with Crippen molar-refractivity contribution in [3.05, 3.63) is 23.8 Å². The molecule has 1 rings (SSSR count). The van der Waals surface area contributed by atoms with Crippen molar-refractivity contribution in [2.75, 3.05) is 23.9 Å². The molecular weight excluding hydrogens is 218 g/mol. The monoisotopic (exact) mass is 235 g/mol. The third-order valence-electron chi connectivity index (χ3n) is 2.44. The summed E-state index contributed by atoms with van der Waals surface area (Å²) in [5.74, 6) is 0. The maximum Gasteiger partial charge on any atom is 0.0992 e. The molecule has 0 unspecified atom stereocenters. The normalized spacial score (nSPS) is 10.9. The van der Waals surface area contributed by atoms with E-state index in [-0.39, 0.29) is 4.75 Å². The molecule has 0 aliphatic heterocycles. The summed E-state index contributed by atoms with van der Waals surface area (Å²) in [5.41, 5.74) is 7.95. The van der Waals surface area contributed by atoms with Crippen molar-refractivity contribution >= 4 is 23.1 Å². The van der Waals surface area contributed by atoms with Crippen LogP contribution >= 0.6 is 11.8 Å². The fraction of sp³-hybridized carbons (Fsp3) is 0.417. The molecule has 0 saturated carbocycles. The molecule has 0 aromatic heterocycles. The first-order valence-electron chi connectivity index (χ1n) is 5.07. The molecule has 0 radical (unpaired) electrons. The van der Waals surface area contributed by atoms with Gasteiger partial charge in [-0.05, 0) is 38.3 Å². The van der Waals surface area contributed by atoms with E-state index < -0.39 is 0 Å². The molecule has 3 N–H and O–H groups in total. The molecule has 0 spiro atoms. The average molecular weight is 235 g/mol. The predicted molar refractivity (Wildman–Crippen MR) is 71.7 cm³/mol. The van der Waals surface area contributed by atoms with Gasteiger partial charge in [-0.25, -0.2) is 0 Å². The van der Waals surface area contributed by atoms with Gasteiger partial charge in [-0.1, -0.05) is 0 Å². The van der Waals surface area contributed by atoms with Crippen molar-refractivity contribution in [2.24, 2.45) is 0 Å². The Kier molecular flexibility index (Phi) is 4.08. The summed E-state index contributed by atoms with van der Waals surface area (Å²) in [5, 5.41) is 12.0. The van der Waals surface area contributed by atoms with E-state index in [0.29, 0.717) is 11.3 Å². The summed E-state index contributed by atoms with van der Waals surface area (Å²) in [6, 6.07) is 7.38.